The Morgan fingerprint density at radius 3 is 1.15 bits per heavy atom. The van der Waals surface area contributed by atoms with Gasteiger partial charge in [0.25, 0.3) is 0 Å². The van der Waals surface area contributed by atoms with Crippen molar-refractivity contribution in [2.75, 3.05) is 0 Å². The summed E-state index contributed by atoms with van der Waals surface area (Å²) in [6.07, 6.45) is 0. The van der Waals surface area contributed by atoms with Crippen LogP contribution in [0.2, 0.25) is 0 Å². The molecule has 0 fully saturated rings. The minimum absolute atomic E-state index is 0.578. The first-order chi connectivity index (χ1) is 12.9. The number of allylic oxidation sites excluding steroid dienone is 1. The van der Waals surface area contributed by atoms with E-state index in [2.05, 4.69) is 0 Å². The van der Waals surface area contributed by atoms with E-state index in [1.165, 1.54) is 0 Å². The number of hydrogen-bond acceptors (Lipinski definition) is 0. The summed E-state index contributed by atoms with van der Waals surface area (Å²) in [5.41, 5.74) is -0.890. The molecule has 138 valence electrons. The van der Waals surface area contributed by atoms with Gasteiger partial charge in [-0.2, -0.15) is 0 Å². The Balaban J connectivity index is 2.48. The number of benzene rings is 3. The summed E-state index contributed by atoms with van der Waals surface area (Å²) in [4.78, 5) is 0. The molecule has 0 amide bonds. The van der Waals surface area contributed by atoms with Crippen molar-refractivity contribution in [1.29, 1.82) is 0 Å². The van der Waals surface area contributed by atoms with E-state index in [0.717, 1.165) is 13.2 Å². The molecule has 0 N–H and O–H groups in total. The molecule has 0 aliphatic carbocycles. The molecule has 0 saturated heterocycles. The molecule has 3 heteroatoms. The van der Waals surface area contributed by atoms with Crippen molar-refractivity contribution in [3.8, 4) is 0 Å². The van der Waals surface area contributed by atoms with Crippen LogP contribution in [0.4, 0.5) is 8.78 Å². The quantitative estimate of drug-likeness (QED) is 0.525. The molecule has 3 rings (SSSR count). The van der Waals surface area contributed by atoms with E-state index in [-0.39, 0.29) is 0 Å². The summed E-state index contributed by atoms with van der Waals surface area (Å²) < 4.78 is 33.7. The van der Waals surface area contributed by atoms with Gasteiger partial charge in [-0.3, -0.25) is 0 Å². The van der Waals surface area contributed by atoms with Gasteiger partial charge in [-0.1, -0.05) is 0 Å². The van der Waals surface area contributed by atoms with E-state index in [1.807, 2.05) is 91.0 Å². The molecule has 27 heavy (non-hydrogen) atoms. The molecular formula is C24H24F2Ge. The first-order valence-electron chi connectivity index (χ1n) is 9.11. The Bertz CT molecular complexity index is 814. The average Bonchev–Trinajstić information content (AvgIpc) is 2.70. The van der Waals surface area contributed by atoms with Crippen LogP contribution in [0.25, 0.3) is 0 Å². The minimum atomic E-state index is -4.07. The number of hydrogen-bond donors (Lipinski definition) is 0. The summed E-state index contributed by atoms with van der Waals surface area (Å²) >= 11 is -4.07. The number of rotatable bonds is 4. The van der Waals surface area contributed by atoms with Crippen LogP contribution in [0.5, 0.6) is 0 Å². The third-order valence-corrected chi connectivity index (χ3v) is 14.2. The SMILES string of the molecule is CC(C)(C)/C(F)=[C](\F)[Ge]([c]1ccccc1)([c]1ccccc1)[c]1ccccc1. The van der Waals surface area contributed by atoms with Crippen LogP contribution < -0.4 is 13.2 Å². The zero-order valence-corrected chi connectivity index (χ0v) is 18.0. The van der Waals surface area contributed by atoms with E-state index >= 15 is 8.78 Å². The molecule has 0 spiro atoms. The zero-order valence-electron chi connectivity index (χ0n) is 15.9. The third-order valence-electron chi connectivity index (χ3n) is 4.80. The van der Waals surface area contributed by atoms with Crippen LogP contribution in [0.15, 0.2) is 101 Å². The second-order valence-electron chi connectivity index (χ2n) is 7.73. The molecule has 0 unspecified atom stereocenters. The van der Waals surface area contributed by atoms with Crippen LogP contribution in [0.3, 0.4) is 0 Å². The molecule has 3 aromatic rings. The van der Waals surface area contributed by atoms with E-state index < -0.39 is 29.2 Å². The van der Waals surface area contributed by atoms with Gasteiger partial charge in [-0.25, -0.2) is 0 Å². The zero-order chi connectivity index (χ0) is 19.5. The number of halogens is 2. The molecule has 3 aromatic carbocycles. The third kappa shape index (κ3) is 3.63. The molecule has 0 nitrogen and oxygen atoms in total. The molecule has 0 aliphatic rings. The van der Waals surface area contributed by atoms with Crippen molar-refractivity contribution in [3.05, 3.63) is 101 Å². The van der Waals surface area contributed by atoms with Crippen molar-refractivity contribution >= 4 is 26.5 Å². The van der Waals surface area contributed by atoms with Gasteiger partial charge in [0, 0.05) is 0 Å². The Hall–Kier alpha value is -2.20. The Labute approximate surface area is 162 Å². The maximum absolute atomic E-state index is 16.3. The van der Waals surface area contributed by atoms with Crippen molar-refractivity contribution in [2.45, 2.75) is 20.8 Å². The summed E-state index contributed by atoms with van der Waals surface area (Å²) in [5.74, 6) is -0.654. The normalized spacial score (nSPS) is 13.2. The van der Waals surface area contributed by atoms with Gasteiger partial charge in [0.05, 0.1) is 0 Å². The van der Waals surface area contributed by atoms with Crippen molar-refractivity contribution in [2.24, 2.45) is 5.41 Å². The first kappa shape index (κ1) is 19.6. The fourth-order valence-electron chi connectivity index (χ4n) is 3.44. The molecule has 0 aromatic heterocycles. The summed E-state index contributed by atoms with van der Waals surface area (Å²) in [5, 5.41) is 0. The predicted octanol–water partition coefficient (Wildman–Crippen LogP) is 4.89. The summed E-state index contributed by atoms with van der Waals surface area (Å²) in [6.45, 7) is 5.15. The second-order valence-corrected chi connectivity index (χ2v) is 15.4. The van der Waals surface area contributed by atoms with Crippen molar-refractivity contribution in [3.63, 3.8) is 0 Å². The van der Waals surface area contributed by atoms with Gasteiger partial charge in [0.15, 0.2) is 0 Å². The molecule has 0 saturated carbocycles. The molecule has 0 heterocycles. The van der Waals surface area contributed by atoms with Crippen LogP contribution in [0.1, 0.15) is 20.8 Å². The first-order valence-corrected chi connectivity index (χ1v) is 13.3. The van der Waals surface area contributed by atoms with Crippen LogP contribution in [0, 0.1) is 5.41 Å². The van der Waals surface area contributed by atoms with Crippen LogP contribution in [-0.4, -0.2) is 13.3 Å². The van der Waals surface area contributed by atoms with E-state index in [0.29, 0.717) is 0 Å². The standard InChI is InChI=1S/C24H24F2Ge/c1-24(2,3)22(25)23(26)27(19-13-7-4-8-14-19,20-15-9-5-10-16-20)21-17-11-6-12-18-21/h4-18H,1-3H3/b23-22-. The molecule has 0 aliphatic heterocycles. The van der Waals surface area contributed by atoms with E-state index in [9.17, 15) is 0 Å². The van der Waals surface area contributed by atoms with E-state index in [4.69, 9.17) is 0 Å². The van der Waals surface area contributed by atoms with Gasteiger partial charge >= 0.3 is 163 Å². The molecular weight excluding hydrogens is 399 g/mol. The van der Waals surface area contributed by atoms with Gasteiger partial charge in [0.1, 0.15) is 0 Å². The second kappa shape index (κ2) is 7.81. The van der Waals surface area contributed by atoms with Crippen molar-refractivity contribution < 1.29 is 8.78 Å². The van der Waals surface area contributed by atoms with Gasteiger partial charge < -0.3 is 0 Å². The molecule has 0 atom stereocenters. The van der Waals surface area contributed by atoms with Crippen LogP contribution in [-0.2, 0) is 0 Å². The Morgan fingerprint density at radius 2 is 0.889 bits per heavy atom. The predicted molar refractivity (Wildman–Crippen MR) is 113 cm³/mol. The van der Waals surface area contributed by atoms with Gasteiger partial charge in [-0.05, 0) is 0 Å². The Morgan fingerprint density at radius 1 is 0.593 bits per heavy atom. The molecule has 0 radical (unpaired) electrons. The summed E-state index contributed by atoms with van der Waals surface area (Å²) in [7, 11) is 0. The fourth-order valence-corrected chi connectivity index (χ4v) is 13.0. The average molecular weight is 423 g/mol. The van der Waals surface area contributed by atoms with Crippen molar-refractivity contribution in [1.82, 2.24) is 0 Å². The topological polar surface area (TPSA) is 0 Å². The fraction of sp³-hybridized carbons (Fsp3) is 0.167. The summed E-state index contributed by atoms with van der Waals surface area (Å²) in [6, 6.07) is 28.8. The molecule has 0 bridgehead atoms. The maximum atomic E-state index is 16.3. The van der Waals surface area contributed by atoms with E-state index in [1.54, 1.807) is 20.8 Å². The van der Waals surface area contributed by atoms with Gasteiger partial charge in [0.2, 0.25) is 0 Å². The Kier molecular flexibility index (Phi) is 5.66. The van der Waals surface area contributed by atoms with Gasteiger partial charge in [-0.15, -0.1) is 0 Å². The monoisotopic (exact) mass is 424 g/mol. The van der Waals surface area contributed by atoms with Crippen LogP contribution >= 0.6 is 0 Å².